The van der Waals surface area contributed by atoms with Crippen molar-refractivity contribution >= 4 is 27.6 Å². The molecule has 0 unspecified atom stereocenters. The Labute approximate surface area is 124 Å². The average molecular weight is 325 g/mol. The lowest BCUT2D eigenvalue weighted by atomic mass is 10.1. The number of benzene rings is 1. The second-order valence-corrected chi connectivity index (χ2v) is 6.44. The maximum absolute atomic E-state index is 11.5. The van der Waals surface area contributed by atoms with Gasteiger partial charge in [-0.3, -0.25) is 0 Å². The number of aromatic carboxylic acids is 2. The van der Waals surface area contributed by atoms with Crippen molar-refractivity contribution in [3.05, 3.63) is 35.5 Å². The molecule has 0 spiro atoms. The number of nitrogens with two attached hydrogens (primary N) is 1. The van der Waals surface area contributed by atoms with Crippen LogP contribution in [0.15, 0.2) is 29.3 Å². The van der Waals surface area contributed by atoms with Crippen LogP contribution < -0.4 is 5.73 Å². The van der Waals surface area contributed by atoms with Crippen molar-refractivity contribution in [1.29, 1.82) is 0 Å². The van der Waals surface area contributed by atoms with Gasteiger partial charge < -0.3 is 15.9 Å². The van der Waals surface area contributed by atoms with Crippen molar-refractivity contribution in [1.82, 2.24) is 9.78 Å². The number of carboxylic acids is 2. The molecular weight excluding hydrogens is 314 g/mol. The molecule has 0 aliphatic heterocycles. The molecule has 9 nitrogen and oxygen atoms in total. The fourth-order valence-electron chi connectivity index (χ4n) is 1.81. The zero-order chi connectivity index (χ0) is 16.7. The molecule has 0 amide bonds. The number of carboxylic acid groups (broad SMARTS) is 2. The molecule has 0 aliphatic carbocycles. The summed E-state index contributed by atoms with van der Waals surface area (Å²) in [5.74, 6) is -2.90. The van der Waals surface area contributed by atoms with Crippen LogP contribution in [0.4, 0.5) is 5.82 Å². The van der Waals surface area contributed by atoms with Crippen LogP contribution in [0.3, 0.4) is 0 Å². The van der Waals surface area contributed by atoms with Gasteiger partial charge in [0.15, 0.2) is 9.84 Å². The van der Waals surface area contributed by atoms with Gasteiger partial charge in [0.25, 0.3) is 0 Å². The van der Waals surface area contributed by atoms with E-state index in [0.717, 1.165) is 35.3 Å². The van der Waals surface area contributed by atoms with E-state index in [1.54, 1.807) is 0 Å². The number of aromatic nitrogens is 2. The third-order valence-corrected chi connectivity index (χ3v) is 3.94. The fourth-order valence-corrected chi connectivity index (χ4v) is 2.52. The molecule has 0 saturated heterocycles. The molecule has 2 rings (SSSR count). The molecule has 0 fully saturated rings. The molecular formula is C12H11N3O6S. The number of carbonyl (C=O) groups is 2. The summed E-state index contributed by atoms with van der Waals surface area (Å²) in [4.78, 5) is 21.9. The Balaban J connectivity index is 2.70. The van der Waals surface area contributed by atoms with Gasteiger partial charge in [0.2, 0.25) is 0 Å². The molecule has 10 heteroatoms. The summed E-state index contributed by atoms with van der Waals surface area (Å²) in [5, 5.41) is 21.8. The van der Waals surface area contributed by atoms with Crippen LogP contribution in [-0.4, -0.2) is 46.6 Å². The Morgan fingerprint density at radius 1 is 1.14 bits per heavy atom. The minimum absolute atomic E-state index is 0.0321. The van der Waals surface area contributed by atoms with Gasteiger partial charge in [-0.15, -0.1) is 0 Å². The van der Waals surface area contributed by atoms with Crippen molar-refractivity contribution in [3.63, 3.8) is 0 Å². The number of hydrogen-bond donors (Lipinski definition) is 3. The Kier molecular flexibility index (Phi) is 3.63. The SMILES string of the molecule is CS(=O)(=O)c1cnn(-c2cc(C(=O)O)cc(C(=O)O)c2)c1N. The molecule has 1 heterocycles. The Morgan fingerprint density at radius 2 is 1.64 bits per heavy atom. The Bertz CT molecular complexity index is 852. The highest BCUT2D eigenvalue weighted by Gasteiger charge is 2.19. The van der Waals surface area contributed by atoms with Gasteiger partial charge in [-0.25, -0.2) is 22.7 Å². The monoisotopic (exact) mass is 325 g/mol. The van der Waals surface area contributed by atoms with Crippen LogP contribution in [0.25, 0.3) is 5.69 Å². The van der Waals surface area contributed by atoms with Crippen LogP contribution in [0.5, 0.6) is 0 Å². The second kappa shape index (κ2) is 5.15. The normalized spacial score (nSPS) is 11.3. The third kappa shape index (κ3) is 2.76. The molecule has 1 aromatic carbocycles. The standard InChI is InChI=1S/C12H11N3O6S/c1-22(20,21)9-5-14-15(10(9)13)8-3-6(11(16)17)2-7(4-8)12(18)19/h2-5H,13H2,1H3,(H,16,17)(H,18,19). The van der Waals surface area contributed by atoms with Crippen molar-refractivity contribution in [2.75, 3.05) is 12.0 Å². The Morgan fingerprint density at radius 3 is 2.00 bits per heavy atom. The number of sulfone groups is 1. The minimum atomic E-state index is -3.61. The molecule has 22 heavy (non-hydrogen) atoms. The van der Waals surface area contributed by atoms with Gasteiger partial charge in [-0.05, 0) is 18.2 Å². The van der Waals surface area contributed by atoms with Crippen molar-refractivity contribution in [3.8, 4) is 5.69 Å². The molecule has 116 valence electrons. The fraction of sp³-hybridized carbons (Fsp3) is 0.0833. The van der Waals surface area contributed by atoms with E-state index in [9.17, 15) is 18.0 Å². The average Bonchev–Trinajstić information content (AvgIpc) is 2.79. The third-order valence-electron chi connectivity index (χ3n) is 2.83. The van der Waals surface area contributed by atoms with E-state index in [2.05, 4.69) is 5.10 Å². The molecule has 0 saturated carbocycles. The van der Waals surface area contributed by atoms with E-state index >= 15 is 0 Å². The van der Waals surface area contributed by atoms with E-state index in [4.69, 9.17) is 15.9 Å². The van der Waals surface area contributed by atoms with Gasteiger partial charge in [0, 0.05) is 6.26 Å². The lowest BCUT2D eigenvalue weighted by Gasteiger charge is -2.07. The van der Waals surface area contributed by atoms with Crippen LogP contribution >= 0.6 is 0 Å². The summed E-state index contributed by atoms with van der Waals surface area (Å²) in [6.45, 7) is 0. The van der Waals surface area contributed by atoms with Gasteiger partial charge in [0.1, 0.15) is 10.7 Å². The van der Waals surface area contributed by atoms with Crippen LogP contribution in [0, 0.1) is 0 Å². The quantitative estimate of drug-likeness (QED) is 0.723. The first-order valence-corrected chi connectivity index (χ1v) is 7.66. The Hall–Kier alpha value is -2.88. The maximum Gasteiger partial charge on any atom is 0.335 e. The lowest BCUT2D eigenvalue weighted by molar-refractivity contribution is 0.0696. The molecule has 0 radical (unpaired) electrons. The highest BCUT2D eigenvalue weighted by atomic mass is 32.2. The van der Waals surface area contributed by atoms with E-state index in [-0.39, 0.29) is 27.5 Å². The summed E-state index contributed by atoms with van der Waals surface area (Å²) in [6.07, 6.45) is 1.96. The number of hydrogen-bond acceptors (Lipinski definition) is 6. The molecule has 0 bridgehead atoms. The van der Waals surface area contributed by atoms with Crippen LogP contribution in [-0.2, 0) is 9.84 Å². The topological polar surface area (TPSA) is 153 Å². The summed E-state index contributed by atoms with van der Waals surface area (Å²) in [6, 6.07) is 3.26. The number of rotatable bonds is 4. The van der Waals surface area contributed by atoms with Crippen LogP contribution in [0.1, 0.15) is 20.7 Å². The molecule has 0 aliphatic rings. The molecule has 2 aromatic rings. The summed E-state index contributed by atoms with van der Waals surface area (Å²) in [7, 11) is -3.61. The molecule has 0 atom stereocenters. The summed E-state index contributed by atoms with van der Waals surface area (Å²) >= 11 is 0. The van der Waals surface area contributed by atoms with Gasteiger partial charge in [-0.2, -0.15) is 5.10 Å². The second-order valence-electron chi connectivity index (χ2n) is 4.46. The first kappa shape index (κ1) is 15.5. The van der Waals surface area contributed by atoms with Crippen molar-refractivity contribution in [2.45, 2.75) is 4.90 Å². The summed E-state index contributed by atoms with van der Waals surface area (Å²) < 4.78 is 24.0. The van der Waals surface area contributed by atoms with Gasteiger partial charge in [-0.1, -0.05) is 0 Å². The first-order valence-electron chi connectivity index (χ1n) is 5.77. The summed E-state index contributed by atoms with van der Waals surface area (Å²) in [5.41, 5.74) is 5.16. The minimum Gasteiger partial charge on any atom is -0.478 e. The zero-order valence-electron chi connectivity index (χ0n) is 11.2. The first-order chi connectivity index (χ1) is 10.1. The molecule has 4 N–H and O–H groups in total. The predicted octanol–water partition coefficient (Wildman–Crippen LogP) is 0.254. The number of nitrogen functional groups attached to an aromatic ring is 1. The number of nitrogens with zero attached hydrogens (tertiary/aromatic N) is 2. The predicted molar refractivity (Wildman–Crippen MR) is 75.0 cm³/mol. The van der Waals surface area contributed by atoms with Gasteiger partial charge in [0.05, 0.1) is 23.0 Å². The maximum atomic E-state index is 11.5. The van der Waals surface area contributed by atoms with Crippen LogP contribution in [0.2, 0.25) is 0 Å². The van der Waals surface area contributed by atoms with E-state index < -0.39 is 21.8 Å². The largest absolute Gasteiger partial charge is 0.478 e. The highest BCUT2D eigenvalue weighted by molar-refractivity contribution is 7.90. The smallest absolute Gasteiger partial charge is 0.335 e. The van der Waals surface area contributed by atoms with Gasteiger partial charge >= 0.3 is 11.9 Å². The lowest BCUT2D eigenvalue weighted by Crippen LogP contribution is -2.09. The van der Waals surface area contributed by atoms with E-state index in [1.807, 2.05) is 0 Å². The van der Waals surface area contributed by atoms with Crippen molar-refractivity contribution < 1.29 is 28.2 Å². The van der Waals surface area contributed by atoms with E-state index in [0.29, 0.717) is 0 Å². The highest BCUT2D eigenvalue weighted by Crippen LogP contribution is 2.23. The molecule has 1 aromatic heterocycles. The number of anilines is 1. The zero-order valence-corrected chi connectivity index (χ0v) is 12.0. The van der Waals surface area contributed by atoms with Crippen molar-refractivity contribution in [2.24, 2.45) is 0 Å². The van der Waals surface area contributed by atoms with E-state index in [1.165, 1.54) is 0 Å².